The molecule has 1 aliphatic heterocycles. The summed E-state index contributed by atoms with van der Waals surface area (Å²) in [5, 5.41) is 0.323. The quantitative estimate of drug-likeness (QED) is 0.337. The van der Waals surface area contributed by atoms with Gasteiger partial charge < -0.3 is 14.1 Å². The molecule has 0 radical (unpaired) electrons. The number of aromatic nitrogens is 2. The van der Waals surface area contributed by atoms with Crippen LogP contribution in [0, 0.1) is 5.92 Å². The summed E-state index contributed by atoms with van der Waals surface area (Å²) in [6, 6.07) is 1.10. The fourth-order valence-electron chi connectivity index (χ4n) is 2.93. The van der Waals surface area contributed by atoms with E-state index in [0.29, 0.717) is 30.1 Å². The summed E-state index contributed by atoms with van der Waals surface area (Å²) in [5.74, 6) is 1.23. The van der Waals surface area contributed by atoms with E-state index in [1.807, 2.05) is 6.20 Å². The maximum atomic E-state index is 12.9. The summed E-state index contributed by atoms with van der Waals surface area (Å²) in [6.45, 7) is 19.8. The number of hydrogen-bond donors (Lipinski definition) is 0. The molecular formula is C22H43N3O3Si2. The van der Waals surface area contributed by atoms with Crippen molar-refractivity contribution in [3.63, 3.8) is 0 Å². The molecule has 1 aromatic rings. The van der Waals surface area contributed by atoms with E-state index >= 15 is 0 Å². The number of ether oxygens (including phenoxy) is 1. The Morgan fingerprint density at radius 2 is 1.93 bits per heavy atom. The van der Waals surface area contributed by atoms with Gasteiger partial charge in [-0.3, -0.25) is 9.36 Å². The fraction of sp³-hybridized carbons (Fsp3) is 0.818. The van der Waals surface area contributed by atoms with Crippen molar-refractivity contribution in [2.75, 3.05) is 31.2 Å². The lowest BCUT2D eigenvalue weighted by Crippen LogP contribution is -2.43. The van der Waals surface area contributed by atoms with Gasteiger partial charge in [0.2, 0.25) is 0 Å². The Morgan fingerprint density at radius 3 is 2.50 bits per heavy atom. The summed E-state index contributed by atoms with van der Waals surface area (Å²) in [6.07, 6.45) is 4.77. The average Bonchev–Trinajstić information content (AvgIpc) is 2.59. The molecular weight excluding hydrogens is 410 g/mol. The molecule has 1 aliphatic rings. The normalized spacial score (nSPS) is 15.4. The summed E-state index contributed by atoms with van der Waals surface area (Å²) in [7, 11) is -1.70. The first-order valence-corrected chi connectivity index (χ1v) is 16.5. The first kappa shape index (κ1) is 25.3. The van der Waals surface area contributed by atoms with Gasteiger partial charge in [-0.25, -0.2) is 4.98 Å². The highest BCUT2D eigenvalue weighted by molar-refractivity contribution is 6.76. The smallest absolute Gasteiger partial charge is 0.295 e. The molecule has 0 atom stereocenters. The van der Waals surface area contributed by atoms with Gasteiger partial charge in [-0.2, -0.15) is 0 Å². The lowest BCUT2D eigenvalue weighted by molar-refractivity contribution is 0.0844. The standard InChI is InChI=1S/C22H43N3O3Si2/c1-18(2)22(3,4)29-28-13-8-10-19-16-25(17-27-14-15-30(5,6)7)21(26)20(23-19)24-11-9-12-24/h16,18H,8-15,17,29H2,1-7H3. The van der Waals surface area contributed by atoms with Crippen molar-refractivity contribution in [1.82, 2.24) is 9.55 Å². The number of rotatable bonds is 13. The van der Waals surface area contributed by atoms with E-state index in [1.165, 1.54) is 0 Å². The molecule has 0 amide bonds. The van der Waals surface area contributed by atoms with Crippen LogP contribution in [0.2, 0.25) is 30.7 Å². The molecule has 0 aromatic carbocycles. The summed E-state index contributed by atoms with van der Waals surface area (Å²) >= 11 is 0. The van der Waals surface area contributed by atoms with E-state index in [0.717, 1.165) is 50.7 Å². The van der Waals surface area contributed by atoms with E-state index in [-0.39, 0.29) is 5.56 Å². The maximum absolute atomic E-state index is 12.9. The van der Waals surface area contributed by atoms with Crippen LogP contribution < -0.4 is 10.5 Å². The molecule has 0 N–H and O–H groups in total. The highest BCUT2D eigenvalue weighted by Crippen LogP contribution is 2.32. The Labute approximate surface area is 186 Å². The largest absolute Gasteiger partial charge is 0.423 e. The Hall–Kier alpha value is -0.966. The van der Waals surface area contributed by atoms with Crippen LogP contribution in [0.25, 0.3) is 0 Å². The molecule has 0 spiro atoms. The SMILES string of the molecule is CC(C)C(C)(C)[SiH2]OCCCc1cn(COCC[Si](C)(C)C)c(=O)c(N2CCC2)n1. The minimum Gasteiger partial charge on any atom is -0.423 e. The number of hydrogen-bond acceptors (Lipinski definition) is 5. The van der Waals surface area contributed by atoms with Crippen LogP contribution in [-0.2, 0) is 22.3 Å². The van der Waals surface area contributed by atoms with Gasteiger partial charge in [0.05, 0.1) is 5.69 Å². The zero-order valence-electron chi connectivity index (χ0n) is 20.3. The molecule has 30 heavy (non-hydrogen) atoms. The fourth-order valence-corrected chi connectivity index (χ4v) is 4.89. The molecule has 172 valence electrons. The van der Waals surface area contributed by atoms with Crippen LogP contribution in [-0.4, -0.2) is 53.7 Å². The predicted molar refractivity (Wildman–Crippen MR) is 131 cm³/mol. The van der Waals surface area contributed by atoms with Crippen molar-refractivity contribution in [3.05, 3.63) is 22.2 Å². The first-order chi connectivity index (χ1) is 14.0. The van der Waals surface area contributed by atoms with Gasteiger partial charge in [0.25, 0.3) is 5.56 Å². The second-order valence-electron chi connectivity index (χ2n) is 10.8. The highest BCUT2D eigenvalue weighted by atomic mass is 28.3. The number of anilines is 1. The second kappa shape index (κ2) is 11.1. The van der Waals surface area contributed by atoms with Gasteiger partial charge in [-0.05, 0) is 36.3 Å². The molecule has 1 fully saturated rings. The van der Waals surface area contributed by atoms with Gasteiger partial charge in [0.15, 0.2) is 15.6 Å². The number of aryl methyl sites for hydroxylation is 1. The minimum absolute atomic E-state index is 0.0335. The zero-order valence-corrected chi connectivity index (χ0v) is 22.7. The van der Waals surface area contributed by atoms with Crippen molar-refractivity contribution in [3.8, 4) is 0 Å². The van der Waals surface area contributed by atoms with Crippen LogP contribution in [0.15, 0.2) is 11.0 Å². The second-order valence-corrected chi connectivity index (χ2v) is 19.0. The molecule has 0 bridgehead atoms. The van der Waals surface area contributed by atoms with Crippen LogP contribution in [0.5, 0.6) is 0 Å². The van der Waals surface area contributed by atoms with E-state index < -0.39 is 17.8 Å². The number of nitrogens with zero attached hydrogens (tertiary/aromatic N) is 3. The summed E-state index contributed by atoms with van der Waals surface area (Å²) < 4.78 is 13.6. The molecule has 2 heterocycles. The van der Waals surface area contributed by atoms with Crippen LogP contribution in [0.1, 0.15) is 46.2 Å². The van der Waals surface area contributed by atoms with E-state index in [9.17, 15) is 4.79 Å². The molecule has 0 aliphatic carbocycles. The van der Waals surface area contributed by atoms with E-state index in [4.69, 9.17) is 14.1 Å². The zero-order chi connectivity index (χ0) is 22.4. The Morgan fingerprint density at radius 1 is 1.23 bits per heavy atom. The third kappa shape index (κ3) is 7.94. The lowest BCUT2D eigenvalue weighted by atomic mass is 9.99. The topological polar surface area (TPSA) is 56.6 Å². The van der Waals surface area contributed by atoms with Crippen molar-refractivity contribution in [2.45, 2.75) is 84.4 Å². The average molecular weight is 454 g/mol. The van der Waals surface area contributed by atoms with Gasteiger partial charge >= 0.3 is 0 Å². The van der Waals surface area contributed by atoms with E-state index in [2.05, 4.69) is 52.2 Å². The van der Waals surface area contributed by atoms with E-state index in [1.54, 1.807) is 4.57 Å². The molecule has 1 saturated heterocycles. The van der Waals surface area contributed by atoms with Crippen molar-refractivity contribution in [2.24, 2.45) is 5.92 Å². The van der Waals surface area contributed by atoms with Gasteiger partial charge in [-0.1, -0.05) is 47.3 Å². The lowest BCUT2D eigenvalue weighted by Gasteiger charge is -2.32. The van der Waals surface area contributed by atoms with Gasteiger partial charge in [-0.15, -0.1) is 0 Å². The van der Waals surface area contributed by atoms with Crippen molar-refractivity contribution in [1.29, 1.82) is 0 Å². The van der Waals surface area contributed by atoms with Gasteiger partial charge in [0, 0.05) is 40.6 Å². The molecule has 1 aromatic heterocycles. The molecule has 8 heteroatoms. The summed E-state index contributed by atoms with van der Waals surface area (Å²) in [4.78, 5) is 19.6. The predicted octanol–water partition coefficient (Wildman–Crippen LogP) is 3.65. The maximum Gasteiger partial charge on any atom is 0.295 e. The van der Waals surface area contributed by atoms with Crippen LogP contribution in [0.3, 0.4) is 0 Å². The van der Waals surface area contributed by atoms with Crippen LogP contribution >= 0.6 is 0 Å². The van der Waals surface area contributed by atoms with Crippen molar-refractivity contribution >= 4 is 23.7 Å². The highest BCUT2D eigenvalue weighted by Gasteiger charge is 2.24. The molecule has 2 rings (SSSR count). The Balaban J connectivity index is 1.94. The molecule has 0 unspecified atom stereocenters. The van der Waals surface area contributed by atoms with Crippen LogP contribution in [0.4, 0.5) is 5.82 Å². The monoisotopic (exact) mass is 453 g/mol. The Bertz CT molecular complexity index is 725. The Kier molecular flexibility index (Phi) is 9.33. The third-order valence-corrected chi connectivity index (χ3v) is 9.90. The summed E-state index contributed by atoms with van der Waals surface area (Å²) in [5.41, 5.74) is 0.924. The van der Waals surface area contributed by atoms with Crippen molar-refractivity contribution < 1.29 is 9.16 Å². The molecule has 0 saturated carbocycles. The third-order valence-electron chi connectivity index (χ3n) is 6.15. The molecule has 6 nitrogen and oxygen atoms in total. The first-order valence-electron chi connectivity index (χ1n) is 11.5. The minimum atomic E-state index is -1.14. The van der Waals surface area contributed by atoms with Gasteiger partial charge in [0.1, 0.15) is 6.73 Å².